The van der Waals surface area contributed by atoms with Crippen LogP contribution in [0.2, 0.25) is 0 Å². The molecule has 0 saturated heterocycles. The standard InChI is InChI=1S/C18H18FNO4/c19-14-3-1-2-4-15(14)22-8-7-18(21)20-12-13-5-6-16-17(11-13)24-10-9-23-16/h1-6,11H,7-10,12H2,(H,20,21). The first kappa shape index (κ1) is 16.1. The first-order valence-corrected chi connectivity index (χ1v) is 7.75. The highest BCUT2D eigenvalue weighted by atomic mass is 19.1. The summed E-state index contributed by atoms with van der Waals surface area (Å²) in [6.45, 7) is 1.57. The van der Waals surface area contributed by atoms with E-state index in [0.717, 1.165) is 11.3 Å². The number of nitrogens with one attached hydrogen (secondary N) is 1. The number of carbonyl (C=O) groups excluding carboxylic acids is 1. The molecular weight excluding hydrogens is 313 g/mol. The van der Waals surface area contributed by atoms with Crippen LogP contribution in [0.25, 0.3) is 0 Å². The number of hydrogen-bond donors (Lipinski definition) is 1. The first-order valence-electron chi connectivity index (χ1n) is 7.75. The van der Waals surface area contributed by atoms with Gasteiger partial charge in [-0.15, -0.1) is 0 Å². The van der Waals surface area contributed by atoms with Crippen molar-refractivity contribution in [3.63, 3.8) is 0 Å². The van der Waals surface area contributed by atoms with Gasteiger partial charge in [0, 0.05) is 6.54 Å². The van der Waals surface area contributed by atoms with Gasteiger partial charge in [0.25, 0.3) is 0 Å². The molecule has 1 aliphatic heterocycles. The molecule has 0 aliphatic carbocycles. The van der Waals surface area contributed by atoms with Gasteiger partial charge in [-0.25, -0.2) is 4.39 Å². The molecule has 0 fully saturated rings. The number of ether oxygens (including phenoxy) is 3. The van der Waals surface area contributed by atoms with Crippen LogP contribution in [0.5, 0.6) is 17.2 Å². The van der Waals surface area contributed by atoms with Crippen LogP contribution in [-0.4, -0.2) is 25.7 Å². The summed E-state index contributed by atoms with van der Waals surface area (Å²) < 4.78 is 29.6. The Labute approximate surface area is 139 Å². The van der Waals surface area contributed by atoms with E-state index >= 15 is 0 Å². The molecule has 0 atom stereocenters. The molecule has 0 radical (unpaired) electrons. The minimum atomic E-state index is -0.436. The average molecular weight is 331 g/mol. The van der Waals surface area contributed by atoms with Gasteiger partial charge in [0.15, 0.2) is 23.1 Å². The molecule has 2 aromatic rings. The SMILES string of the molecule is O=C(CCOc1ccccc1F)NCc1ccc2c(c1)OCCO2. The lowest BCUT2D eigenvalue weighted by atomic mass is 10.2. The van der Waals surface area contributed by atoms with Crippen LogP contribution < -0.4 is 19.5 Å². The van der Waals surface area contributed by atoms with Gasteiger partial charge in [0.05, 0.1) is 13.0 Å². The van der Waals surface area contributed by atoms with Gasteiger partial charge in [-0.05, 0) is 29.8 Å². The van der Waals surface area contributed by atoms with Gasteiger partial charge in [-0.1, -0.05) is 18.2 Å². The zero-order valence-electron chi connectivity index (χ0n) is 13.1. The van der Waals surface area contributed by atoms with E-state index in [1.807, 2.05) is 18.2 Å². The number of amides is 1. The van der Waals surface area contributed by atoms with E-state index in [-0.39, 0.29) is 24.7 Å². The van der Waals surface area contributed by atoms with Crippen molar-refractivity contribution < 1.29 is 23.4 Å². The molecule has 0 bridgehead atoms. The summed E-state index contributed by atoms with van der Waals surface area (Å²) in [5, 5.41) is 2.80. The largest absolute Gasteiger partial charge is 0.490 e. The molecule has 1 N–H and O–H groups in total. The van der Waals surface area contributed by atoms with Crippen LogP contribution in [0.3, 0.4) is 0 Å². The molecule has 0 saturated carbocycles. The fourth-order valence-corrected chi connectivity index (χ4v) is 2.30. The van der Waals surface area contributed by atoms with Crippen molar-refractivity contribution in [3.05, 3.63) is 53.8 Å². The maximum Gasteiger partial charge on any atom is 0.223 e. The minimum absolute atomic E-state index is 0.119. The molecule has 5 nitrogen and oxygen atoms in total. The van der Waals surface area contributed by atoms with E-state index in [1.54, 1.807) is 12.1 Å². The average Bonchev–Trinajstić information content (AvgIpc) is 2.61. The molecule has 1 aliphatic rings. The van der Waals surface area contributed by atoms with Crippen LogP contribution in [0, 0.1) is 5.82 Å². The Bertz CT molecular complexity index is 720. The molecule has 24 heavy (non-hydrogen) atoms. The first-order chi connectivity index (χ1) is 11.7. The zero-order chi connectivity index (χ0) is 16.8. The molecule has 0 aromatic heterocycles. The van der Waals surface area contributed by atoms with Crippen LogP contribution in [0.4, 0.5) is 4.39 Å². The van der Waals surface area contributed by atoms with E-state index in [1.165, 1.54) is 12.1 Å². The van der Waals surface area contributed by atoms with E-state index in [0.29, 0.717) is 25.5 Å². The number of rotatable bonds is 6. The quantitative estimate of drug-likeness (QED) is 0.884. The van der Waals surface area contributed by atoms with Crippen LogP contribution in [0.1, 0.15) is 12.0 Å². The highest BCUT2D eigenvalue weighted by molar-refractivity contribution is 5.76. The fraction of sp³-hybridized carbons (Fsp3) is 0.278. The van der Waals surface area contributed by atoms with Gasteiger partial charge < -0.3 is 19.5 Å². The van der Waals surface area contributed by atoms with Crippen LogP contribution >= 0.6 is 0 Å². The van der Waals surface area contributed by atoms with Crippen molar-refractivity contribution in [2.45, 2.75) is 13.0 Å². The van der Waals surface area contributed by atoms with E-state index in [4.69, 9.17) is 14.2 Å². The second-order valence-electron chi connectivity index (χ2n) is 5.28. The number of para-hydroxylation sites is 1. The van der Waals surface area contributed by atoms with Crippen molar-refractivity contribution in [1.82, 2.24) is 5.32 Å². The van der Waals surface area contributed by atoms with E-state index < -0.39 is 5.82 Å². The number of benzene rings is 2. The Hall–Kier alpha value is -2.76. The molecule has 0 unspecified atom stereocenters. The van der Waals surface area contributed by atoms with Crippen molar-refractivity contribution in [3.8, 4) is 17.2 Å². The molecule has 3 rings (SSSR count). The summed E-state index contributed by atoms with van der Waals surface area (Å²) in [5.74, 6) is 0.957. The molecule has 1 amide bonds. The summed E-state index contributed by atoms with van der Waals surface area (Å²) in [6, 6.07) is 11.7. The zero-order valence-corrected chi connectivity index (χ0v) is 13.1. The second-order valence-corrected chi connectivity index (χ2v) is 5.28. The third-order valence-corrected chi connectivity index (χ3v) is 3.52. The van der Waals surface area contributed by atoms with Crippen LogP contribution in [0.15, 0.2) is 42.5 Å². The van der Waals surface area contributed by atoms with Crippen molar-refractivity contribution >= 4 is 5.91 Å². The maximum absolute atomic E-state index is 13.4. The summed E-state index contributed by atoms with van der Waals surface area (Å²) in [4.78, 5) is 11.8. The minimum Gasteiger partial charge on any atom is -0.490 e. The normalized spacial score (nSPS) is 12.5. The van der Waals surface area contributed by atoms with Crippen molar-refractivity contribution in [2.24, 2.45) is 0 Å². The lowest BCUT2D eigenvalue weighted by molar-refractivity contribution is -0.121. The molecular formula is C18H18FNO4. The molecule has 6 heteroatoms. The number of fused-ring (bicyclic) bond motifs is 1. The number of hydrogen-bond acceptors (Lipinski definition) is 4. The summed E-state index contributed by atoms with van der Waals surface area (Å²) in [6.07, 6.45) is 0.152. The lowest BCUT2D eigenvalue weighted by Crippen LogP contribution is -2.24. The Morgan fingerprint density at radius 1 is 1.12 bits per heavy atom. The maximum atomic E-state index is 13.4. The van der Waals surface area contributed by atoms with E-state index in [2.05, 4.69) is 5.32 Å². The summed E-state index contributed by atoms with van der Waals surface area (Å²) in [5.41, 5.74) is 0.919. The highest BCUT2D eigenvalue weighted by Crippen LogP contribution is 2.30. The van der Waals surface area contributed by atoms with Gasteiger partial charge in [0.2, 0.25) is 5.91 Å². The van der Waals surface area contributed by atoms with Gasteiger partial charge >= 0.3 is 0 Å². The van der Waals surface area contributed by atoms with Crippen molar-refractivity contribution in [1.29, 1.82) is 0 Å². The predicted molar refractivity (Wildman–Crippen MR) is 85.8 cm³/mol. The highest BCUT2D eigenvalue weighted by Gasteiger charge is 2.12. The molecule has 126 valence electrons. The van der Waals surface area contributed by atoms with Gasteiger partial charge in [-0.2, -0.15) is 0 Å². The third kappa shape index (κ3) is 4.16. The molecule has 2 aromatic carbocycles. The fourth-order valence-electron chi connectivity index (χ4n) is 2.30. The Morgan fingerprint density at radius 3 is 2.75 bits per heavy atom. The van der Waals surface area contributed by atoms with E-state index in [9.17, 15) is 9.18 Å². The van der Waals surface area contributed by atoms with Gasteiger partial charge in [-0.3, -0.25) is 4.79 Å². The monoisotopic (exact) mass is 331 g/mol. The summed E-state index contributed by atoms with van der Waals surface area (Å²) in [7, 11) is 0. The second kappa shape index (κ2) is 7.68. The smallest absolute Gasteiger partial charge is 0.223 e. The number of carbonyl (C=O) groups is 1. The van der Waals surface area contributed by atoms with Crippen molar-refractivity contribution in [2.75, 3.05) is 19.8 Å². The topological polar surface area (TPSA) is 56.8 Å². The molecule has 1 heterocycles. The Morgan fingerprint density at radius 2 is 1.92 bits per heavy atom. The van der Waals surface area contributed by atoms with Gasteiger partial charge in [0.1, 0.15) is 13.2 Å². The Kier molecular flexibility index (Phi) is 5.15. The predicted octanol–water partition coefficient (Wildman–Crippen LogP) is 2.68. The summed E-state index contributed by atoms with van der Waals surface area (Å²) >= 11 is 0. The number of halogens is 1. The Balaban J connectivity index is 1.43. The lowest BCUT2D eigenvalue weighted by Gasteiger charge is -2.19. The molecule has 0 spiro atoms. The third-order valence-electron chi connectivity index (χ3n) is 3.52. The van der Waals surface area contributed by atoms with Crippen LogP contribution in [-0.2, 0) is 11.3 Å².